The molecule has 0 aromatic heterocycles. The predicted octanol–water partition coefficient (Wildman–Crippen LogP) is 1.44. The number of rotatable bonds is 3. The van der Waals surface area contributed by atoms with E-state index in [4.69, 9.17) is 11.1 Å². The molecule has 0 fully saturated rings. The zero-order valence-electron chi connectivity index (χ0n) is 5.59. The Bertz CT molecular complexity index is 134. The SMILES string of the molecule is CCC(/C=C\N)=C/C=N. The van der Waals surface area contributed by atoms with Gasteiger partial charge in [-0.3, -0.25) is 0 Å². The number of hydrogen-bond acceptors (Lipinski definition) is 2. The van der Waals surface area contributed by atoms with E-state index >= 15 is 0 Å². The van der Waals surface area contributed by atoms with Crippen molar-refractivity contribution in [3.8, 4) is 0 Å². The van der Waals surface area contributed by atoms with Gasteiger partial charge in [0, 0.05) is 6.21 Å². The molecule has 2 nitrogen and oxygen atoms in total. The first-order valence-electron chi connectivity index (χ1n) is 2.93. The van der Waals surface area contributed by atoms with Crippen molar-refractivity contribution in [1.82, 2.24) is 0 Å². The Morgan fingerprint density at radius 3 is 2.67 bits per heavy atom. The lowest BCUT2D eigenvalue weighted by Crippen LogP contribution is -1.80. The van der Waals surface area contributed by atoms with Crippen LogP contribution in [0.4, 0.5) is 0 Å². The maximum absolute atomic E-state index is 6.74. The van der Waals surface area contributed by atoms with E-state index < -0.39 is 0 Å². The highest BCUT2D eigenvalue weighted by Gasteiger charge is 1.81. The predicted molar refractivity (Wildman–Crippen MR) is 40.5 cm³/mol. The quantitative estimate of drug-likeness (QED) is 0.434. The standard InChI is InChI=1S/C7H12N2/c1-2-7(3-5-8)4-6-9/h3-6,8H,2,9H2,1H3/b6-4-,7-3-,8-5?. The van der Waals surface area contributed by atoms with Crippen molar-refractivity contribution in [2.45, 2.75) is 13.3 Å². The fraction of sp³-hybridized carbons (Fsp3) is 0.286. The van der Waals surface area contributed by atoms with Gasteiger partial charge in [-0.25, -0.2) is 0 Å². The minimum Gasteiger partial charge on any atom is -0.405 e. The van der Waals surface area contributed by atoms with Crippen LogP contribution in [0.1, 0.15) is 13.3 Å². The zero-order chi connectivity index (χ0) is 7.11. The van der Waals surface area contributed by atoms with Crippen LogP contribution in [-0.4, -0.2) is 6.21 Å². The third-order valence-corrected chi connectivity index (χ3v) is 1.02. The van der Waals surface area contributed by atoms with Crippen molar-refractivity contribution in [2.75, 3.05) is 0 Å². The van der Waals surface area contributed by atoms with Gasteiger partial charge in [-0.2, -0.15) is 0 Å². The Hall–Kier alpha value is -1.05. The van der Waals surface area contributed by atoms with E-state index in [-0.39, 0.29) is 0 Å². The van der Waals surface area contributed by atoms with Gasteiger partial charge >= 0.3 is 0 Å². The third-order valence-electron chi connectivity index (χ3n) is 1.02. The summed E-state index contributed by atoms with van der Waals surface area (Å²) in [4.78, 5) is 0. The van der Waals surface area contributed by atoms with Crippen LogP contribution in [0.5, 0.6) is 0 Å². The summed E-state index contributed by atoms with van der Waals surface area (Å²) in [6.07, 6.45) is 7.19. The fourth-order valence-electron chi connectivity index (χ4n) is 0.522. The summed E-state index contributed by atoms with van der Waals surface area (Å²) in [5.41, 5.74) is 6.22. The topological polar surface area (TPSA) is 49.9 Å². The minimum atomic E-state index is 0.920. The van der Waals surface area contributed by atoms with Gasteiger partial charge in [0.2, 0.25) is 0 Å². The lowest BCUT2D eigenvalue weighted by molar-refractivity contribution is 1.15. The van der Waals surface area contributed by atoms with Gasteiger partial charge in [0.05, 0.1) is 0 Å². The van der Waals surface area contributed by atoms with Gasteiger partial charge in [-0.05, 0) is 30.3 Å². The average Bonchev–Trinajstić information content (AvgIpc) is 1.88. The Labute approximate surface area is 55.6 Å². The van der Waals surface area contributed by atoms with Crippen molar-refractivity contribution >= 4 is 6.21 Å². The van der Waals surface area contributed by atoms with E-state index in [0.29, 0.717) is 0 Å². The highest BCUT2D eigenvalue weighted by atomic mass is 14.5. The molecule has 0 unspecified atom stereocenters. The summed E-state index contributed by atoms with van der Waals surface area (Å²) < 4.78 is 0. The van der Waals surface area contributed by atoms with Crippen LogP contribution in [0.25, 0.3) is 0 Å². The molecule has 0 aromatic rings. The average molecular weight is 124 g/mol. The first-order valence-corrected chi connectivity index (χ1v) is 2.93. The van der Waals surface area contributed by atoms with Crippen molar-refractivity contribution in [2.24, 2.45) is 5.73 Å². The number of nitrogens with two attached hydrogens (primary N) is 1. The highest BCUT2D eigenvalue weighted by Crippen LogP contribution is 1.98. The van der Waals surface area contributed by atoms with Gasteiger partial charge in [-0.15, -0.1) is 0 Å². The molecule has 0 aromatic carbocycles. The van der Waals surface area contributed by atoms with Crippen LogP contribution in [-0.2, 0) is 0 Å². The lowest BCUT2D eigenvalue weighted by Gasteiger charge is -1.90. The van der Waals surface area contributed by atoms with Crippen LogP contribution < -0.4 is 5.73 Å². The van der Waals surface area contributed by atoms with Crippen LogP contribution in [0.15, 0.2) is 23.9 Å². The Balaban J connectivity index is 3.96. The molecule has 0 bridgehead atoms. The molecule has 2 heteroatoms. The van der Waals surface area contributed by atoms with Crippen LogP contribution >= 0.6 is 0 Å². The summed E-state index contributed by atoms with van der Waals surface area (Å²) in [5.74, 6) is 0. The number of allylic oxidation sites excluding steroid dienone is 3. The van der Waals surface area contributed by atoms with E-state index in [2.05, 4.69) is 0 Å². The van der Waals surface area contributed by atoms with Gasteiger partial charge in [-0.1, -0.05) is 6.92 Å². The largest absolute Gasteiger partial charge is 0.405 e. The van der Waals surface area contributed by atoms with E-state index in [1.807, 2.05) is 6.92 Å². The highest BCUT2D eigenvalue weighted by molar-refractivity contribution is 5.69. The van der Waals surface area contributed by atoms with Gasteiger partial charge in [0.1, 0.15) is 0 Å². The first kappa shape index (κ1) is 7.95. The van der Waals surface area contributed by atoms with Gasteiger partial charge in [0.15, 0.2) is 0 Å². The summed E-state index contributed by atoms with van der Waals surface area (Å²) in [6.45, 7) is 2.02. The van der Waals surface area contributed by atoms with Crippen LogP contribution in [0, 0.1) is 5.41 Å². The molecule has 0 atom stereocenters. The summed E-state index contributed by atoms with van der Waals surface area (Å²) in [6, 6.07) is 0. The Morgan fingerprint density at radius 1 is 1.67 bits per heavy atom. The monoisotopic (exact) mass is 124 g/mol. The van der Waals surface area contributed by atoms with Crippen molar-refractivity contribution in [1.29, 1.82) is 5.41 Å². The van der Waals surface area contributed by atoms with E-state index in [1.165, 1.54) is 12.4 Å². The first-order chi connectivity index (χ1) is 4.35. The van der Waals surface area contributed by atoms with Crippen molar-refractivity contribution < 1.29 is 0 Å². The lowest BCUT2D eigenvalue weighted by atomic mass is 10.2. The molecule has 0 spiro atoms. The molecule has 0 radical (unpaired) electrons. The molecule has 0 aliphatic rings. The number of hydrogen-bond donors (Lipinski definition) is 2. The number of nitrogens with one attached hydrogen (secondary N) is 1. The molecule has 0 saturated carbocycles. The second-order valence-electron chi connectivity index (χ2n) is 1.62. The molecule has 0 rings (SSSR count). The van der Waals surface area contributed by atoms with Crippen LogP contribution in [0.3, 0.4) is 0 Å². The van der Waals surface area contributed by atoms with Crippen molar-refractivity contribution in [3.63, 3.8) is 0 Å². The third kappa shape index (κ3) is 3.53. The molecule has 0 aliphatic carbocycles. The second kappa shape index (κ2) is 5.09. The smallest absolute Gasteiger partial charge is 0.0180 e. The van der Waals surface area contributed by atoms with Gasteiger partial charge in [0.25, 0.3) is 0 Å². The van der Waals surface area contributed by atoms with Crippen LogP contribution in [0.2, 0.25) is 0 Å². The van der Waals surface area contributed by atoms with E-state index in [9.17, 15) is 0 Å². The van der Waals surface area contributed by atoms with Crippen molar-refractivity contribution in [3.05, 3.63) is 23.9 Å². The fourth-order valence-corrected chi connectivity index (χ4v) is 0.522. The maximum atomic E-state index is 6.74. The molecule has 0 aliphatic heterocycles. The second-order valence-corrected chi connectivity index (χ2v) is 1.62. The van der Waals surface area contributed by atoms with E-state index in [0.717, 1.165) is 12.0 Å². The molecule has 0 saturated heterocycles. The minimum absolute atomic E-state index is 0.920. The maximum Gasteiger partial charge on any atom is 0.0180 e. The molecule has 50 valence electrons. The Kier molecular flexibility index (Phi) is 4.50. The molecule has 3 N–H and O–H groups in total. The molecular formula is C7H12N2. The molecule has 9 heavy (non-hydrogen) atoms. The van der Waals surface area contributed by atoms with Gasteiger partial charge < -0.3 is 11.1 Å². The molecule has 0 amide bonds. The summed E-state index contributed by atoms with van der Waals surface area (Å²) in [5, 5.41) is 6.74. The Morgan fingerprint density at radius 2 is 2.33 bits per heavy atom. The zero-order valence-corrected chi connectivity index (χ0v) is 5.59. The normalized spacial score (nSPS) is 12.3. The molecular weight excluding hydrogens is 112 g/mol. The van der Waals surface area contributed by atoms with E-state index in [1.54, 1.807) is 12.2 Å². The summed E-state index contributed by atoms with van der Waals surface area (Å²) >= 11 is 0. The summed E-state index contributed by atoms with van der Waals surface area (Å²) in [7, 11) is 0. The molecule has 0 heterocycles.